The molecule has 0 bridgehead atoms. The van der Waals surface area contributed by atoms with Gasteiger partial charge in [0.25, 0.3) is 0 Å². The molecule has 0 amide bonds. The highest BCUT2D eigenvalue weighted by Gasteiger charge is 2.40. The molecule has 3 aromatic rings. The molecule has 1 aliphatic carbocycles. The van der Waals surface area contributed by atoms with Crippen LogP contribution in [0.15, 0.2) is 84.9 Å². The van der Waals surface area contributed by atoms with Crippen molar-refractivity contribution in [1.29, 1.82) is 0 Å². The normalized spacial score (nSPS) is 19.6. The summed E-state index contributed by atoms with van der Waals surface area (Å²) < 4.78 is 0. The number of aliphatic hydroxyl groups excluding tert-OH is 1. The lowest BCUT2D eigenvalue weighted by Gasteiger charge is -2.38. The lowest BCUT2D eigenvalue weighted by molar-refractivity contribution is 0.0993. The predicted octanol–water partition coefficient (Wildman–Crippen LogP) is 4.03. The van der Waals surface area contributed by atoms with Gasteiger partial charge in [-0.15, -0.1) is 0 Å². The summed E-state index contributed by atoms with van der Waals surface area (Å²) in [6.45, 7) is -0.115. The summed E-state index contributed by atoms with van der Waals surface area (Å²) in [5.74, 6) is 0. The van der Waals surface area contributed by atoms with E-state index in [9.17, 15) is 10.2 Å². The Morgan fingerprint density at radius 2 is 1.36 bits per heavy atom. The highest BCUT2D eigenvalue weighted by molar-refractivity contribution is 5.98. The molecular weight excluding hydrogens is 308 g/mol. The zero-order valence-electron chi connectivity index (χ0n) is 13.9. The molecule has 2 N–H and O–H groups in total. The van der Waals surface area contributed by atoms with Crippen molar-refractivity contribution in [2.45, 2.75) is 12.0 Å². The second-order valence-corrected chi connectivity index (χ2v) is 6.44. The average Bonchev–Trinajstić information content (AvgIpc) is 2.68. The number of hydrogen-bond donors (Lipinski definition) is 2. The van der Waals surface area contributed by atoms with Gasteiger partial charge in [-0.3, -0.25) is 0 Å². The highest BCUT2D eigenvalue weighted by atomic mass is 16.3. The largest absolute Gasteiger partial charge is 0.392 e. The minimum Gasteiger partial charge on any atom is -0.392 e. The van der Waals surface area contributed by atoms with Crippen molar-refractivity contribution in [1.82, 2.24) is 0 Å². The van der Waals surface area contributed by atoms with Crippen LogP contribution in [-0.4, -0.2) is 16.8 Å². The van der Waals surface area contributed by atoms with E-state index in [1.807, 2.05) is 84.9 Å². The molecule has 3 aromatic carbocycles. The molecule has 4 rings (SSSR count). The van der Waals surface area contributed by atoms with Crippen LogP contribution in [0.1, 0.15) is 22.3 Å². The highest BCUT2D eigenvalue weighted by Crippen LogP contribution is 2.47. The first kappa shape index (κ1) is 15.8. The average molecular weight is 328 g/mol. The van der Waals surface area contributed by atoms with Gasteiger partial charge in [-0.1, -0.05) is 84.9 Å². The van der Waals surface area contributed by atoms with E-state index >= 15 is 0 Å². The summed E-state index contributed by atoms with van der Waals surface area (Å²) in [6, 6.07) is 27.6. The summed E-state index contributed by atoms with van der Waals surface area (Å²) in [5.41, 5.74) is 4.26. The van der Waals surface area contributed by atoms with E-state index < -0.39 is 5.60 Å². The minimum atomic E-state index is -1.17. The number of rotatable bonds is 3. The third kappa shape index (κ3) is 2.60. The molecule has 1 unspecified atom stereocenters. The quantitative estimate of drug-likeness (QED) is 0.762. The fourth-order valence-corrected chi connectivity index (χ4v) is 3.86. The van der Waals surface area contributed by atoms with Gasteiger partial charge in [0, 0.05) is 12.0 Å². The molecule has 0 heterocycles. The Balaban J connectivity index is 2.05. The van der Waals surface area contributed by atoms with E-state index in [1.165, 1.54) is 0 Å². The van der Waals surface area contributed by atoms with Gasteiger partial charge in [-0.2, -0.15) is 0 Å². The minimum absolute atomic E-state index is 0.115. The summed E-state index contributed by atoms with van der Waals surface area (Å²) >= 11 is 0. The molecule has 0 spiro atoms. The van der Waals surface area contributed by atoms with Crippen LogP contribution in [0.3, 0.4) is 0 Å². The zero-order chi connectivity index (χ0) is 17.3. The maximum absolute atomic E-state index is 11.8. The van der Waals surface area contributed by atoms with E-state index in [0.717, 1.165) is 33.4 Å². The second-order valence-electron chi connectivity index (χ2n) is 6.44. The Morgan fingerprint density at radius 1 is 0.760 bits per heavy atom. The number of fused-ring (bicyclic) bond motifs is 1. The van der Waals surface area contributed by atoms with E-state index in [0.29, 0.717) is 6.42 Å². The van der Waals surface area contributed by atoms with E-state index in [4.69, 9.17) is 0 Å². The van der Waals surface area contributed by atoms with Gasteiger partial charge in [-0.05, 0) is 27.8 Å². The van der Waals surface area contributed by atoms with Crippen molar-refractivity contribution in [2.75, 3.05) is 6.61 Å². The molecule has 2 nitrogen and oxygen atoms in total. The third-order valence-corrected chi connectivity index (χ3v) is 4.98. The van der Waals surface area contributed by atoms with Crippen LogP contribution in [0.25, 0.3) is 11.1 Å². The Morgan fingerprint density at radius 3 is 2.04 bits per heavy atom. The summed E-state index contributed by atoms with van der Waals surface area (Å²) in [6.07, 6.45) is 0.487. The summed E-state index contributed by atoms with van der Waals surface area (Å²) in [7, 11) is 0. The number of hydrogen-bond acceptors (Lipinski definition) is 2. The standard InChI is InChI=1S/C23H20O2/c24-16-21-20-14-8-7-11-18(20)15-23(25,19-12-5-2-6-13-19)22(21)17-9-3-1-4-10-17/h1-14,24-25H,15-16H2. The summed E-state index contributed by atoms with van der Waals surface area (Å²) in [4.78, 5) is 0. The second kappa shape index (κ2) is 6.32. The Labute approximate surface area is 147 Å². The molecule has 0 aromatic heterocycles. The van der Waals surface area contributed by atoms with Crippen LogP contribution in [0.5, 0.6) is 0 Å². The van der Waals surface area contributed by atoms with Crippen molar-refractivity contribution >= 4 is 11.1 Å². The predicted molar refractivity (Wildman–Crippen MR) is 101 cm³/mol. The Bertz CT molecular complexity index is 913. The molecule has 0 aliphatic heterocycles. The first-order chi connectivity index (χ1) is 12.2. The van der Waals surface area contributed by atoms with Crippen LogP contribution in [0, 0.1) is 0 Å². The third-order valence-electron chi connectivity index (χ3n) is 4.98. The Kier molecular flexibility index (Phi) is 4.00. The maximum Gasteiger partial charge on any atom is 0.120 e. The molecule has 0 saturated carbocycles. The van der Waals surface area contributed by atoms with Gasteiger partial charge in [0.05, 0.1) is 6.61 Å². The lowest BCUT2D eigenvalue weighted by Crippen LogP contribution is -2.34. The monoisotopic (exact) mass is 328 g/mol. The van der Waals surface area contributed by atoms with Gasteiger partial charge >= 0.3 is 0 Å². The molecule has 0 saturated heterocycles. The van der Waals surface area contributed by atoms with Crippen molar-refractivity contribution in [3.05, 3.63) is 107 Å². The molecule has 124 valence electrons. The van der Waals surface area contributed by atoms with Gasteiger partial charge in [0.2, 0.25) is 0 Å². The zero-order valence-corrected chi connectivity index (χ0v) is 13.9. The van der Waals surface area contributed by atoms with Crippen LogP contribution < -0.4 is 0 Å². The molecule has 0 radical (unpaired) electrons. The van der Waals surface area contributed by atoms with Crippen molar-refractivity contribution in [2.24, 2.45) is 0 Å². The number of benzene rings is 3. The van der Waals surface area contributed by atoms with Crippen molar-refractivity contribution < 1.29 is 10.2 Å². The van der Waals surface area contributed by atoms with Gasteiger partial charge in [-0.25, -0.2) is 0 Å². The Hall–Kier alpha value is -2.68. The van der Waals surface area contributed by atoms with Crippen LogP contribution >= 0.6 is 0 Å². The fraction of sp³-hybridized carbons (Fsp3) is 0.130. The molecule has 2 heteroatoms. The fourth-order valence-electron chi connectivity index (χ4n) is 3.86. The van der Waals surface area contributed by atoms with E-state index in [1.54, 1.807) is 0 Å². The van der Waals surface area contributed by atoms with Gasteiger partial charge in [0.1, 0.15) is 5.60 Å². The molecule has 1 aliphatic rings. The molecule has 0 fully saturated rings. The smallest absolute Gasteiger partial charge is 0.120 e. The van der Waals surface area contributed by atoms with E-state index in [2.05, 4.69) is 0 Å². The van der Waals surface area contributed by atoms with Crippen LogP contribution in [0.4, 0.5) is 0 Å². The molecular formula is C23H20O2. The first-order valence-electron chi connectivity index (χ1n) is 8.50. The SMILES string of the molecule is OCC1=C(c2ccccc2)C(O)(c2ccccc2)Cc2ccccc21. The topological polar surface area (TPSA) is 40.5 Å². The van der Waals surface area contributed by atoms with E-state index in [-0.39, 0.29) is 6.61 Å². The van der Waals surface area contributed by atoms with Gasteiger partial charge < -0.3 is 10.2 Å². The van der Waals surface area contributed by atoms with Crippen molar-refractivity contribution in [3.8, 4) is 0 Å². The molecule has 1 atom stereocenters. The summed E-state index contributed by atoms with van der Waals surface area (Å²) in [5, 5.41) is 22.0. The lowest BCUT2D eigenvalue weighted by atomic mass is 9.70. The molecule has 25 heavy (non-hydrogen) atoms. The first-order valence-corrected chi connectivity index (χ1v) is 8.50. The van der Waals surface area contributed by atoms with Crippen molar-refractivity contribution in [3.63, 3.8) is 0 Å². The van der Waals surface area contributed by atoms with Crippen LogP contribution in [0.2, 0.25) is 0 Å². The maximum atomic E-state index is 11.8. The van der Waals surface area contributed by atoms with Gasteiger partial charge in [0.15, 0.2) is 0 Å². The van der Waals surface area contributed by atoms with Crippen LogP contribution in [-0.2, 0) is 12.0 Å². The number of aliphatic hydroxyl groups is 2.